The normalized spacial score (nSPS) is 19.7. The summed E-state index contributed by atoms with van der Waals surface area (Å²) in [6.45, 7) is 3.22. The van der Waals surface area contributed by atoms with Crippen molar-refractivity contribution in [1.82, 2.24) is 5.32 Å². The lowest BCUT2D eigenvalue weighted by Crippen LogP contribution is -2.49. The molecular formula is C20H26ClNO. The van der Waals surface area contributed by atoms with Crippen molar-refractivity contribution in [2.75, 3.05) is 6.54 Å². The van der Waals surface area contributed by atoms with E-state index in [0.29, 0.717) is 6.04 Å². The van der Waals surface area contributed by atoms with Crippen LogP contribution in [0.1, 0.15) is 37.3 Å². The second-order valence-corrected chi connectivity index (χ2v) is 6.34. The highest BCUT2D eigenvalue weighted by molar-refractivity contribution is 5.85. The molecule has 23 heavy (non-hydrogen) atoms. The summed E-state index contributed by atoms with van der Waals surface area (Å²) in [5.74, 6) is 0.109. The van der Waals surface area contributed by atoms with Crippen LogP contribution in [0.3, 0.4) is 0 Å². The molecule has 2 aromatic carbocycles. The second-order valence-electron chi connectivity index (χ2n) is 6.34. The number of hydrogen-bond donors (Lipinski definition) is 2. The van der Waals surface area contributed by atoms with Gasteiger partial charge < -0.3 is 10.4 Å². The average Bonchev–Trinajstić information content (AvgIpc) is 2.62. The van der Waals surface area contributed by atoms with Gasteiger partial charge in [0.15, 0.2) is 0 Å². The molecule has 0 aromatic heterocycles. The van der Waals surface area contributed by atoms with E-state index in [2.05, 4.69) is 12.2 Å². The van der Waals surface area contributed by atoms with Gasteiger partial charge in [-0.3, -0.25) is 0 Å². The number of nitrogens with one attached hydrogen (secondary N) is 1. The second kappa shape index (κ2) is 7.96. The smallest absolute Gasteiger partial charge is 0.119 e. The van der Waals surface area contributed by atoms with Crippen LogP contribution in [-0.2, 0) is 5.60 Å². The van der Waals surface area contributed by atoms with Gasteiger partial charge in [-0.25, -0.2) is 0 Å². The minimum atomic E-state index is -0.961. The molecule has 0 aliphatic carbocycles. The van der Waals surface area contributed by atoms with Crippen LogP contribution in [0.15, 0.2) is 60.7 Å². The Kier molecular flexibility index (Phi) is 6.23. The SMILES string of the molecule is CC(C1CCCCN1)C(O)(c1ccccc1)c1ccccc1.Cl. The quantitative estimate of drug-likeness (QED) is 0.883. The molecular weight excluding hydrogens is 306 g/mol. The number of aliphatic hydroxyl groups is 1. The van der Waals surface area contributed by atoms with E-state index >= 15 is 0 Å². The van der Waals surface area contributed by atoms with E-state index in [-0.39, 0.29) is 18.3 Å². The van der Waals surface area contributed by atoms with E-state index < -0.39 is 5.60 Å². The van der Waals surface area contributed by atoms with Gasteiger partial charge in [-0.1, -0.05) is 74.0 Å². The van der Waals surface area contributed by atoms with Crippen molar-refractivity contribution in [1.29, 1.82) is 0 Å². The molecule has 124 valence electrons. The monoisotopic (exact) mass is 331 g/mol. The predicted octanol–water partition coefficient (Wildman–Crippen LogP) is 4.12. The lowest BCUT2D eigenvalue weighted by atomic mass is 9.72. The molecule has 3 rings (SSSR count). The van der Waals surface area contributed by atoms with Crippen molar-refractivity contribution in [2.45, 2.75) is 37.8 Å². The van der Waals surface area contributed by atoms with Crippen molar-refractivity contribution in [2.24, 2.45) is 5.92 Å². The molecule has 3 heteroatoms. The number of benzene rings is 2. The van der Waals surface area contributed by atoms with Crippen LogP contribution in [0.4, 0.5) is 0 Å². The zero-order chi connectivity index (χ0) is 15.4. The summed E-state index contributed by atoms with van der Waals surface area (Å²) in [6, 6.07) is 20.5. The molecule has 2 aromatic rings. The van der Waals surface area contributed by atoms with Crippen LogP contribution < -0.4 is 5.32 Å². The van der Waals surface area contributed by atoms with Gasteiger partial charge in [0.2, 0.25) is 0 Å². The molecule has 1 saturated heterocycles. The standard InChI is InChI=1S/C20H25NO.ClH/c1-16(19-14-8-9-15-21-19)20(22,17-10-4-2-5-11-17)18-12-6-3-7-13-18;/h2-7,10-13,16,19,21-22H,8-9,14-15H2,1H3;1H. The maximum absolute atomic E-state index is 11.7. The maximum atomic E-state index is 11.7. The summed E-state index contributed by atoms with van der Waals surface area (Å²) in [7, 11) is 0. The van der Waals surface area contributed by atoms with Gasteiger partial charge in [-0.05, 0) is 30.5 Å². The van der Waals surface area contributed by atoms with Crippen molar-refractivity contribution < 1.29 is 5.11 Å². The third-order valence-electron chi connectivity index (χ3n) is 5.04. The van der Waals surface area contributed by atoms with Gasteiger partial charge >= 0.3 is 0 Å². The van der Waals surface area contributed by atoms with Gasteiger partial charge in [0.25, 0.3) is 0 Å². The van der Waals surface area contributed by atoms with E-state index in [9.17, 15) is 5.11 Å². The lowest BCUT2D eigenvalue weighted by molar-refractivity contribution is 0.00241. The Morgan fingerprint density at radius 1 is 0.957 bits per heavy atom. The fourth-order valence-corrected chi connectivity index (χ4v) is 3.67. The molecule has 1 fully saturated rings. The fraction of sp³-hybridized carbons (Fsp3) is 0.400. The van der Waals surface area contributed by atoms with Crippen LogP contribution in [0.2, 0.25) is 0 Å². The highest BCUT2D eigenvalue weighted by Crippen LogP contribution is 2.39. The summed E-state index contributed by atoms with van der Waals surface area (Å²) in [4.78, 5) is 0. The molecule has 0 bridgehead atoms. The summed E-state index contributed by atoms with van der Waals surface area (Å²) in [5, 5.41) is 15.3. The lowest BCUT2D eigenvalue weighted by Gasteiger charge is -2.41. The summed E-state index contributed by atoms with van der Waals surface area (Å²) in [5.41, 5.74) is 0.986. The van der Waals surface area contributed by atoms with Crippen LogP contribution in [0.5, 0.6) is 0 Å². The van der Waals surface area contributed by atoms with E-state index in [4.69, 9.17) is 0 Å². The Labute approximate surface area is 145 Å². The topological polar surface area (TPSA) is 32.3 Å². The first-order valence-corrected chi connectivity index (χ1v) is 8.29. The molecule has 0 amide bonds. The molecule has 2 atom stereocenters. The van der Waals surface area contributed by atoms with Crippen molar-refractivity contribution >= 4 is 12.4 Å². The molecule has 0 radical (unpaired) electrons. The summed E-state index contributed by atoms with van der Waals surface area (Å²) >= 11 is 0. The molecule has 2 unspecified atom stereocenters. The fourth-order valence-electron chi connectivity index (χ4n) is 3.67. The largest absolute Gasteiger partial charge is 0.380 e. The van der Waals surface area contributed by atoms with Gasteiger partial charge in [-0.2, -0.15) is 0 Å². The Bertz CT molecular complexity index is 542. The Hall–Kier alpha value is -1.35. The number of hydrogen-bond acceptors (Lipinski definition) is 2. The number of rotatable bonds is 4. The minimum absolute atomic E-state index is 0. The van der Waals surface area contributed by atoms with Crippen LogP contribution in [0, 0.1) is 5.92 Å². The highest BCUT2D eigenvalue weighted by Gasteiger charge is 2.41. The van der Waals surface area contributed by atoms with Crippen molar-refractivity contribution in [3.8, 4) is 0 Å². The van der Waals surface area contributed by atoms with Crippen molar-refractivity contribution in [3.63, 3.8) is 0 Å². The third kappa shape index (κ3) is 3.60. The molecule has 2 N–H and O–H groups in total. The van der Waals surface area contributed by atoms with Gasteiger partial charge in [0.05, 0.1) is 0 Å². The average molecular weight is 332 g/mol. The highest BCUT2D eigenvalue weighted by atomic mass is 35.5. The third-order valence-corrected chi connectivity index (χ3v) is 5.04. The van der Waals surface area contributed by atoms with E-state index in [1.54, 1.807) is 0 Å². The minimum Gasteiger partial charge on any atom is -0.380 e. The summed E-state index contributed by atoms with van der Waals surface area (Å²) < 4.78 is 0. The Morgan fingerprint density at radius 3 is 1.91 bits per heavy atom. The zero-order valence-corrected chi connectivity index (χ0v) is 14.4. The van der Waals surface area contributed by atoms with Crippen LogP contribution in [0.25, 0.3) is 0 Å². The number of piperidine rings is 1. The first-order valence-electron chi connectivity index (χ1n) is 8.29. The maximum Gasteiger partial charge on any atom is 0.119 e. The molecule has 2 nitrogen and oxygen atoms in total. The van der Waals surface area contributed by atoms with E-state index in [1.165, 1.54) is 12.8 Å². The molecule has 1 aliphatic heterocycles. The first-order chi connectivity index (χ1) is 10.7. The van der Waals surface area contributed by atoms with Gasteiger partial charge in [0.1, 0.15) is 5.60 Å². The Morgan fingerprint density at radius 2 is 1.48 bits per heavy atom. The van der Waals surface area contributed by atoms with Crippen LogP contribution in [-0.4, -0.2) is 17.7 Å². The molecule has 0 saturated carbocycles. The summed E-state index contributed by atoms with van der Waals surface area (Å²) in [6.07, 6.45) is 3.60. The Balaban J connectivity index is 0.00000192. The van der Waals surface area contributed by atoms with Gasteiger partial charge in [0, 0.05) is 12.0 Å². The molecule has 1 heterocycles. The molecule has 1 aliphatic rings. The van der Waals surface area contributed by atoms with Gasteiger partial charge in [-0.15, -0.1) is 12.4 Å². The van der Waals surface area contributed by atoms with E-state index in [1.807, 2.05) is 60.7 Å². The molecule has 0 spiro atoms. The van der Waals surface area contributed by atoms with Crippen molar-refractivity contribution in [3.05, 3.63) is 71.8 Å². The predicted molar refractivity (Wildman–Crippen MR) is 97.9 cm³/mol. The number of halogens is 1. The van der Waals surface area contributed by atoms with Crippen LogP contribution >= 0.6 is 12.4 Å². The first kappa shape index (κ1) is 18.0. The van der Waals surface area contributed by atoms with E-state index in [0.717, 1.165) is 24.1 Å². The zero-order valence-electron chi connectivity index (χ0n) is 13.6.